The third kappa shape index (κ3) is 118. The van der Waals surface area contributed by atoms with E-state index in [1.165, 1.54) is 0 Å². The Hall–Kier alpha value is 0.483. The Morgan fingerprint density at radius 1 is 1.40 bits per heavy atom. The predicted octanol–water partition coefficient (Wildman–Crippen LogP) is -0.568. The molecule has 0 bridgehead atoms. The molecule has 3 nitrogen and oxygen atoms in total. The molecule has 5 heavy (non-hydrogen) atoms. The van der Waals surface area contributed by atoms with Crippen molar-refractivity contribution in [3.8, 4) is 0 Å². The van der Waals surface area contributed by atoms with Gasteiger partial charge >= 0.3 is 19.5 Å². The minimum absolute atomic E-state index is 0. The summed E-state index contributed by atoms with van der Waals surface area (Å²) < 4.78 is 17.0. The first kappa shape index (κ1) is 9.08. The summed E-state index contributed by atoms with van der Waals surface area (Å²) in [5.41, 5.74) is 0. The van der Waals surface area contributed by atoms with E-state index in [0.29, 0.717) is 0 Å². The monoisotopic (exact) mass is 143 g/mol. The number of hydrogen-bond acceptors (Lipinski definition) is 3. The van der Waals surface area contributed by atoms with Crippen LogP contribution in [0.2, 0.25) is 0 Å². The molecule has 0 aromatic carbocycles. The topological polar surface area (TPSA) is 57.2 Å². The summed E-state index contributed by atoms with van der Waals surface area (Å²) in [5.74, 6) is 0. The van der Waals surface area contributed by atoms with Gasteiger partial charge in [0.05, 0.1) is 0 Å². The molecule has 0 atom stereocenters. The first-order valence-corrected chi connectivity index (χ1v) is 1.64. The molecule has 0 amide bonds. The summed E-state index contributed by atoms with van der Waals surface area (Å²) in [4.78, 5) is 8.48. The van der Waals surface area contributed by atoms with Crippen molar-refractivity contribution in [2.24, 2.45) is 0 Å². The third-order valence-electron chi connectivity index (χ3n) is 0. The van der Waals surface area contributed by atoms with Crippen molar-refractivity contribution < 1.29 is 33.5 Å². The summed E-state index contributed by atoms with van der Waals surface area (Å²) in [6.07, 6.45) is 0. The van der Waals surface area contributed by atoms with E-state index in [0.717, 1.165) is 0 Å². The predicted molar refractivity (Wildman–Crippen MR) is 8.29 cm³/mol. The minimum Gasteiger partial charge on any atom is -0.744 e. The van der Waals surface area contributed by atoms with Crippen LogP contribution in [0.3, 0.4) is 0 Å². The van der Waals surface area contributed by atoms with Crippen LogP contribution in [0.15, 0.2) is 0 Å². The molecule has 0 heterocycles. The van der Waals surface area contributed by atoms with Crippen LogP contribution in [0.25, 0.3) is 0 Å². The summed E-state index contributed by atoms with van der Waals surface area (Å²) >= 11 is 0. The molecule has 0 N–H and O–H groups in total. The van der Waals surface area contributed by atoms with Gasteiger partial charge in [-0.15, -0.1) is 0 Å². The van der Waals surface area contributed by atoms with Crippen molar-refractivity contribution in [1.29, 1.82) is 0 Å². The molecule has 0 aliphatic heterocycles. The molecule has 0 aromatic rings. The maximum atomic E-state index is 8.48. The van der Waals surface area contributed by atoms with Gasteiger partial charge in [0, 0.05) is 0 Å². The maximum Gasteiger partial charge on any atom is 2.00 e. The Labute approximate surface area is 42.0 Å². The second-order valence-corrected chi connectivity index (χ2v) is 0.671. The Balaban J connectivity index is 0. The Morgan fingerprint density at radius 3 is 1.40 bits per heavy atom. The standard InChI is InChI=1S/HO3P.Zn/c1-4(2)3;/h(H,1,2,3);/q;+2/p-1. The first-order chi connectivity index (χ1) is 1.73. The zero-order chi connectivity index (χ0) is 3.58. The quantitative estimate of drug-likeness (QED) is 0.338. The van der Waals surface area contributed by atoms with Gasteiger partial charge in [0.15, 0.2) is 0 Å². The molecule has 0 aliphatic carbocycles. The van der Waals surface area contributed by atoms with E-state index in [-0.39, 0.29) is 19.5 Å². The zero-order valence-electron chi connectivity index (χ0n) is 2.38. The molecule has 0 fully saturated rings. The number of hydrogen-bond donors (Lipinski definition) is 0. The largest absolute Gasteiger partial charge is 2.00 e. The van der Waals surface area contributed by atoms with E-state index in [9.17, 15) is 0 Å². The van der Waals surface area contributed by atoms with Crippen LogP contribution in [-0.4, -0.2) is 0 Å². The van der Waals surface area contributed by atoms with E-state index in [1.54, 1.807) is 0 Å². The van der Waals surface area contributed by atoms with E-state index >= 15 is 0 Å². The van der Waals surface area contributed by atoms with Crippen molar-refractivity contribution >= 4 is 7.91 Å². The van der Waals surface area contributed by atoms with Crippen molar-refractivity contribution in [1.82, 2.24) is 0 Å². The van der Waals surface area contributed by atoms with Crippen LogP contribution in [0.1, 0.15) is 0 Å². The minimum atomic E-state index is -3.37. The zero-order valence-corrected chi connectivity index (χ0v) is 6.24. The molecule has 0 saturated heterocycles. The van der Waals surface area contributed by atoms with Crippen LogP contribution >= 0.6 is 7.91 Å². The molecule has 24 valence electrons. The summed E-state index contributed by atoms with van der Waals surface area (Å²) in [5, 5.41) is 0. The van der Waals surface area contributed by atoms with Crippen LogP contribution < -0.4 is 4.89 Å². The van der Waals surface area contributed by atoms with Crippen molar-refractivity contribution in [2.45, 2.75) is 0 Å². The van der Waals surface area contributed by atoms with Crippen LogP contribution in [0.5, 0.6) is 0 Å². The normalized spacial score (nSPS) is 5.00. The Morgan fingerprint density at radius 2 is 1.40 bits per heavy atom. The molecule has 0 radical (unpaired) electrons. The van der Waals surface area contributed by atoms with Gasteiger partial charge in [-0.2, -0.15) is 0 Å². The summed E-state index contributed by atoms with van der Waals surface area (Å²) in [6, 6.07) is 0. The third-order valence-corrected chi connectivity index (χ3v) is 0. The maximum absolute atomic E-state index is 8.48. The van der Waals surface area contributed by atoms with Crippen molar-refractivity contribution in [3.63, 3.8) is 0 Å². The first-order valence-electron chi connectivity index (χ1n) is 0.548. The van der Waals surface area contributed by atoms with Crippen LogP contribution in [0.4, 0.5) is 0 Å². The van der Waals surface area contributed by atoms with E-state index < -0.39 is 7.91 Å². The fourth-order valence-electron chi connectivity index (χ4n) is 0. The molecule has 0 rings (SSSR count). The fraction of sp³-hybridized carbons (Fsp3) is 0. The molecular weight excluding hydrogens is 144 g/mol. The SMILES string of the molecule is O=P(=O)[O-].[Zn+2]. The Bertz CT molecular complexity index is 55.3. The van der Waals surface area contributed by atoms with Crippen LogP contribution in [0, 0.1) is 0 Å². The molecule has 0 saturated carbocycles. The fourth-order valence-corrected chi connectivity index (χ4v) is 0. The van der Waals surface area contributed by atoms with Gasteiger partial charge < -0.3 is 4.89 Å². The van der Waals surface area contributed by atoms with E-state index in [2.05, 4.69) is 0 Å². The smallest absolute Gasteiger partial charge is 0.744 e. The van der Waals surface area contributed by atoms with Gasteiger partial charge in [-0.3, -0.25) is 9.13 Å². The average Bonchev–Trinajstić information content (AvgIpc) is 0.811. The Kier molecular flexibility index (Phi) is 8.15. The molecule has 0 aliphatic rings. The average molecular weight is 144 g/mol. The van der Waals surface area contributed by atoms with Crippen molar-refractivity contribution in [3.05, 3.63) is 0 Å². The van der Waals surface area contributed by atoms with Gasteiger partial charge in [0.2, 0.25) is 7.91 Å². The van der Waals surface area contributed by atoms with Gasteiger partial charge in [0.1, 0.15) is 0 Å². The number of rotatable bonds is 0. The molecule has 0 spiro atoms. The van der Waals surface area contributed by atoms with Gasteiger partial charge in [-0.25, -0.2) is 0 Å². The van der Waals surface area contributed by atoms with Gasteiger partial charge in [-0.05, 0) is 0 Å². The summed E-state index contributed by atoms with van der Waals surface area (Å²) in [6.45, 7) is 0. The molecular formula is O3PZn+. The molecule has 0 unspecified atom stereocenters. The van der Waals surface area contributed by atoms with Gasteiger partial charge in [0.25, 0.3) is 0 Å². The second kappa shape index (κ2) is 4.48. The summed E-state index contributed by atoms with van der Waals surface area (Å²) in [7, 11) is -3.37. The molecule has 0 aromatic heterocycles. The van der Waals surface area contributed by atoms with Gasteiger partial charge in [-0.1, -0.05) is 0 Å². The molecule has 5 heteroatoms. The van der Waals surface area contributed by atoms with E-state index in [4.69, 9.17) is 14.0 Å². The van der Waals surface area contributed by atoms with Crippen molar-refractivity contribution in [2.75, 3.05) is 0 Å². The van der Waals surface area contributed by atoms with E-state index in [1.807, 2.05) is 0 Å². The second-order valence-electron chi connectivity index (χ2n) is 0.224. The van der Waals surface area contributed by atoms with Crippen LogP contribution in [-0.2, 0) is 28.6 Å².